The normalized spacial score (nSPS) is 18.9. The molecule has 0 aromatic carbocycles. The topological polar surface area (TPSA) is 90.1 Å². The Morgan fingerprint density at radius 1 is 1.07 bits per heavy atom. The van der Waals surface area contributed by atoms with E-state index in [4.69, 9.17) is 4.52 Å². The number of likely N-dealkylation sites (tertiary alicyclic amines) is 1. The molecule has 164 valence electrons. The summed E-state index contributed by atoms with van der Waals surface area (Å²) in [6, 6.07) is 0. The monoisotopic (exact) mass is 519 g/mol. The molecule has 1 N–H and O–H groups in total. The molecule has 0 radical (unpaired) electrons. The maximum Gasteiger partial charge on any atom is 0.236 e. The molecule has 29 heavy (non-hydrogen) atoms. The second-order valence-corrected chi connectivity index (χ2v) is 7.46. The van der Waals surface area contributed by atoms with Crippen LogP contribution in [0.25, 0.3) is 0 Å². The molecule has 0 atom stereocenters. The fourth-order valence-electron chi connectivity index (χ4n) is 3.71. The van der Waals surface area contributed by atoms with Crippen molar-refractivity contribution in [1.29, 1.82) is 0 Å². The zero-order valence-corrected chi connectivity index (χ0v) is 19.9. The van der Waals surface area contributed by atoms with Gasteiger partial charge < -0.3 is 19.6 Å². The zero-order chi connectivity index (χ0) is 19.8. The van der Waals surface area contributed by atoms with Crippen LogP contribution in [-0.2, 0) is 11.3 Å². The quantitative estimate of drug-likeness (QED) is 0.358. The summed E-state index contributed by atoms with van der Waals surface area (Å²) in [5.41, 5.74) is 0. The molecule has 2 fully saturated rings. The van der Waals surface area contributed by atoms with E-state index in [-0.39, 0.29) is 29.9 Å². The Morgan fingerprint density at radius 3 is 2.34 bits per heavy atom. The predicted octanol–water partition coefficient (Wildman–Crippen LogP) is 1.48. The molecule has 1 amide bonds. The molecule has 1 aromatic heterocycles. The third-order valence-corrected chi connectivity index (χ3v) is 5.26. The molecule has 10 heteroatoms. The van der Waals surface area contributed by atoms with Gasteiger partial charge in [-0.3, -0.25) is 9.69 Å². The number of hydrogen-bond acceptors (Lipinski definition) is 6. The molecule has 0 aliphatic carbocycles. The lowest BCUT2D eigenvalue weighted by Gasteiger charge is -2.37. The standard InChI is InChI=1S/C19H33N7O2.HI/c1-3-20-19(21-14-17-22-16(2)28-23-17)26-12-10-24(11-13-26)15-18(27)25-8-6-4-5-7-9-25;/h3-15H2,1-2H3,(H,20,21);1H. The van der Waals surface area contributed by atoms with Gasteiger partial charge in [0.2, 0.25) is 11.8 Å². The number of aryl methyl sites for hydroxylation is 1. The van der Waals surface area contributed by atoms with Gasteiger partial charge >= 0.3 is 0 Å². The smallest absolute Gasteiger partial charge is 0.236 e. The fraction of sp³-hybridized carbons (Fsp3) is 0.789. The molecular weight excluding hydrogens is 485 g/mol. The van der Waals surface area contributed by atoms with Crippen molar-refractivity contribution in [2.45, 2.75) is 46.1 Å². The van der Waals surface area contributed by atoms with Crippen LogP contribution < -0.4 is 5.32 Å². The summed E-state index contributed by atoms with van der Waals surface area (Å²) in [6.07, 6.45) is 4.78. The molecule has 1 aromatic rings. The van der Waals surface area contributed by atoms with Crippen LogP contribution >= 0.6 is 24.0 Å². The Labute approximate surface area is 190 Å². The summed E-state index contributed by atoms with van der Waals surface area (Å²) in [5, 5.41) is 7.24. The number of hydrogen-bond donors (Lipinski definition) is 1. The van der Waals surface area contributed by atoms with E-state index in [0.29, 0.717) is 24.8 Å². The van der Waals surface area contributed by atoms with Crippen LogP contribution in [0.5, 0.6) is 0 Å². The van der Waals surface area contributed by atoms with Gasteiger partial charge in [0.15, 0.2) is 11.8 Å². The van der Waals surface area contributed by atoms with E-state index < -0.39 is 0 Å². The number of nitrogens with one attached hydrogen (secondary N) is 1. The van der Waals surface area contributed by atoms with Crippen molar-refractivity contribution < 1.29 is 9.32 Å². The third-order valence-electron chi connectivity index (χ3n) is 5.26. The van der Waals surface area contributed by atoms with Crippen LogP contribution in [-0.4, -0.2) is 89.1 Å². The number of rotatable bonds is 5. The average Bonchev–Trinajstić information content (AvgIpc) is 2.94. The number of aromatic nitrogens is 2. The first kappa shape index (κ1) is 23.8. The predicted molar refractivity (Wildman–Crippen MR) is 122 cm³/mol. The van der Waals surface area contributed by atoms with Crippen LogP contribution in [0.3, 0.4) is 0 Å². The van der Waals surface area contributed by atoms with E-state index in [1.165, 1.54) is 12.8 Å². The minimum absolute atomic E-state index is 0. The summed E-state index contributed by atoms with van der Waals surface area (Å²) >= 11 is 0. The average molecular weight is 519 g/mol. The van der Waals surface area contributed by atoms with Crippen LogP contribution in [0.2, 0.25) is 0 Å². The second-order valence-electron chi connectivity index (χ2n) is 7.46. The summed E-state index contributed by atoms with van der Waals surface area (Å²) in [6.45, 7) is 10.8. The lowest BCUT2D eigenvalue weighted by molar-refractivity contribution is -0.132. The largest absolute Gasteiger partial charge is 0.357 e. The van der Waals surface area contributed by atoms with Gasteiger partial charge in [-0.25, -0.2) is 4.99 Å². The minimum atomic E-state index is 0. The van der Waals surface area contributed by atoms with Crippen LogP contribution in [0.1, 0.15) is 44.3 Å². The van der Waals surface area contributed by atoms with Crippen molar-refractivity contribution in [1.82, 2.24) is 30.2 Å². The Bertz CT molecular complexity index is 651. The Hall–Kier alpha value is -1.43. The molecule has 0 saturated carbocycles. The molecule has 3 rings (SSSR count). The summed E-state index contributed by atoms with van der Waals surface area (Å²) in [5.74, 6) is 2.29. The lowest BCUT2D eigenvalue weighted by atomic mass is 10.2. The number of carbonyl (C=O) groups excluding carboxylic acids is 1. The molecule has 0 spiro atoms. The van der Waals surface area contributed by atoms with Gasteiger partial charge in [0.05, 0.1) is 6.54 Å². The van der Waals surface area contributed by atoms with Crippen molar-refractivity contribution in [3.05, 3.63) is 11.7 Å². The second kappa shape index (κ2) is 12.3. The van der Waals surface area contributed by atoms with Crippen LogP contribution in [0.4, 0.5) is 0 Å². The number of nitrogens with zero attached hydrogens (tertiary/aromatic N) is 6. The molecule has 0 bridgehead atoms. The molecule has 2 saturated heterocycles. The highest BCUT2D eigenvalue weighted by Gasteiger charge is 2.23. The maximum atomic E-state index is 12.6. The highest BCUT2D eigenvalue weighted by molar-refractivity contribution is 14.0. The Balaban J connectivity index is 0.00000300. The number of piperazine rings is 1. The van der Waals surface area contributed by atoms with E-state index in [0.717, 1.165) is 64.6 Å². The summed E-state index contributed by atoms with van der Waals surface area (Å²) in [7, 11) is 0. The third kappa shape index (κ3) is 7.40. The summed E-state index contributed by atoms with van der Waals surface area (Å²) < 4.78 is 5.00. The van der Waals surface area contributed by atoms with Gasteiger partial charge in [-0.05, 0) is 19.8 Å². The van der Waals surface area contributed by atoms with Crippen molar-refractivity contribution in [2.24, 2.45) is 4.99 Å². The fourth-order valence-corrected chi connectivity index (χ4v) is 3.71. The SMILES string of the molecule is CCNC(=NCc1noc(C)n1)N1CCN(CC(=O)N2CCCCCC2)CC1.I. The number of amides is 1. The van der Waals surface area contributed by atoms with Crippen molar-refractivity contribution in [3.63, 3.8) is 0 Å². The zero-order valence-electron chi connectivity index (χ0n) is 17.6. The van der Waals surface area contributed by atoms with E-state index in [9.17, 15) is 4.79 Å². The molecule has 3 heterocycles. The Morgan fingerprint density at radius 2 is 1.76 bits per heavy atom. The van der Waals surface area contributed by atoms with Gasteiger partial charge in [-0.15, -0.1) is 24.0 Å². The first-order valence-electron chi connectivity index (χ1n) is 10.5. The van der Waals surface area contributed by atoms with E-state index in [2.05, 4.69) is 42.1 Å². The highest BCUT2D eigenvalue weighted by atomic mass is 127. The van der Waals surface area contributed by atoms with Gasteiger partial charge in [0.1, 0.15) is 6.54 Å². The first-order valence-corrected chi connectivity index (χ1v) is 10.5. The van der Waals surface area contributed by atoms with Crippen molar-refractivity contribution >= 4 is 35.8 Å². The van der Waals surface area contributed by atoms with Gasteiger partial charge in [-0.2, -0.15) is 4.98 Å². The number of guanidine groups is 1. The van der Waals surface area contributed by atoms with E-state index >= 15 is 0 Å². The lowest BCUT2D eigenvalue weighted by Crippen LogP contribution is -2.54. The van der Waals surface area contributed by atoms with Crippen LogP contribution in [0.15, 0.2) is 9.52 Å². The molecule has 9 nitrogen and oxygen atoms in total. The molecule has 2 aliphatic rings. The molecule has 0 unspecified atom stereocenters. The highest BCUT2D eigenvalue weighted by Crippen LogP contribution is 2.11. The number of carbonyl (C=O) groups is 1. The van der Waals surface area contributed by atoms with Gasteiger partial charge in [0, 0.05) is 52.7 Å². The van der Waals surface area contributed by atoms with Crippen molar-refractivity contribution in [3.8, 4) is 0 Å². The van der Waals surface area contributed by atoms with E-state index in [1.54, 1.807) is 6.92 Å². The van der Waals surface area contributed by atoms with Gasteiger partial charge in [-0.1, -0.05) is 18.0 Å². The first-order chi connectivity index (χ1) is 13.7. The molecule has 2 aliphatic heterocycles. The van der Waals surface area contributed by atoms with Crippen molar-refractivity contribution in [2.75, 3.05) is 52.4 Å². The minimum Gasteiger partial charge on any atom is -0.357 e. The Kier molecular flexibility index (Phi) is 10.1. The number of aliphatic imine (C=N–C) groups is 1. The van der Waals surface area contributed by atoms with Crippen LogP contribution in [0, 0.1) is 6.92 Å². The van der Waals surface area contributed by atoms with Gasteiger partial charge in [0.25, 0.3) is 0 Å². The van der Waals surface area contributed by atoms with E-state index in [1.807, 2.05) is 0 Å². The summed E-state index contributed by atoms with van der Waals surface area (Å²) in [4.78, 5) is 28.0. The molecular formula is C19H34IN7O2. The maximum absolute atomic E-state index is 12.6. The number of halogens is 1.